The van der Waals surface area contributed by atoms with E-state index in [0.29, 0.717) is 5.69 Å². The molecule has 2 aromatic heterocycles. The summed E-state index contributed by atoms with van der Waals surface area (Å²) >= 11 is 0. The van der Waals surface area contributed by atoms with Crippen LogP contribution in [0.4, 0.5) is 0 Å². The molecule has 3 heterocycles. The van der Waals surface area contributed by atoms with Gasteiger partial charge < -0.3 is 9.30 Å². The molecule has 0 aromatic carbocycles. The highest BCUT2D eigenvalue weighted by molar-refractivity contribution is 5.99. The van der Waals surface area contributed by atoms with Gasteiger partial charge in [0.15, 0.2) is 5.69 Å². The van der Waals surface area contributed by atoms with E-state index in [1.54, 1.807) is 0 Å². The Balaban J connectivity index is 1.98. The van der Waals surface area contributed by atoms with Gasteiger partial charge in [0.25, 0.3) is 5.91 Å². The van der Waals surface area contributed by atoms with Gasteiger partial charge in [-0.2, -0.15) is 0 Å². The van der Waals surface area contributed by atoms with Gasteiger partial charge in [0.1, 0.15) is 5.82 Å². The van der Waals surface area contributed by atoms with Crippen LogP contribution in [-0.4, -0.2) is 33.3 Å². The van der Waals surface area contributed by atoms with Gasteiger partial charge in [0.2, 0.25) is 0 Å². The van der Waals surface area contributed by atoms with Crippen LogP contribution in [0.3, 0.4) is 0 Å². The number of likely N-dealkylation sites (tertiary alicyclic amines) is 1. The minimum Gasteiger partial charge on any atom is -0.337 e. The van der Waals surface area contributed by atoms with Crippen LogP contribution < -0.4 is 0 Å². The molecule has 3 rings (SSSR count). The predicted molar refractivity (Wildman–Crippen MR) is 78.9 cm³/mol. The van der Waals surface area contributed by atoms with Crippen molar-refractivity contribution in [2.24, 2.45) is 0 Å². The monoisotopic (exact) mass is 271 g/mol. The van der Waals surface area contributed by atoms with Gasteiger partial charge in [-0.05, 0) is 25.0 Å². The number of hydrogen-bond acceptors (Lipinski definition) is 2. The Morgan fingerprint density at radius 2 is 1.95 bits per heavy atom. The fraction of sp³-hybridized carbons (Fsp3) is 0.500. The molecule has 1 fully saturated rings. The molecule has 1 amide bonds. The van der Waals surface area contributed by atoms with Crippen molar-refractivity contribution in [1.29, 1.82) is 0 Å². The van der Waals surface area contributed by atoms with Crippen LogP contribution in [0.25, 0.3) is 5.52 Å². The number of fused-ring (bicyclic) bond motifs is 1. The van der Waals surface area contributed by atoms with Gasteiger partial charge in [-0.3, -0.25) is 4.79 Å². The van der Waals surface area contributed by atoms with Crippen LogP contribution in [0, 0.1) is 0 Å². The highest BCUT2D eigenvalue weighted by Crippen LogP contribution is 2.18. The molecule has 0 aliphatic carbocycles. The van der Waals surface area contributed by atoms with E-state index < -0.39 is 0 Å². The molecule has 1 aliphatic rings. The van der Waals surface area contributed by atoms with Crippen molar-refractivity contribution in [2.75, 3.05) is 13.1 Å². The Morgan fingerprint density at radius 1 is 1.20 bits per heavy atom. The average Bonchev–Trinajstić information content (AvgIpc) is 2.66. The molecule has 0 radical (unpaired) electrons. The summed E-state index contributed by atoms with van der Waals surface area (Å²) in [5.74, 6) is 1.05. The van der Waals surface area contributed by atoms with Crippen molar-refractivity contribution in [3.63, 3.8) is 0 Å². The molecule has 0 N–H and O–H groups in total. The molecule has 4 nitrogen and oxygen atoms in total. The highest BCUT2D eigenvalue weighted by Gasteiger charge is 2.22. The summed E-state index contributed by atoms with van der Waals surface area (Å²) in [4.78, 5) is 19.3. The van der Waals surface area contributed by atoms with Crippen LogP contribution in [-0.2, 0) is 6.42 Å². The zero-order valence-corrected chi connectivity index (χ0v) is 12.0. The molecule has 1 aliphatic heterocycles. The number of aromatic nitrogens is 2. The molecule has 2 aromatic rings. The molecule has 0 bridgehead atoms. The highest BCUT2D eigenvalue weighted by atomic mass is 16.2. The quantitative estimate of drug-likeness (QED) is 0.842. The Kier molecular flexibility index (Phi) is 3.72. The summed E-state index contributed by atoms with van der Waals surface area (Å²) in [5, 5.41) is 0. The first-order valence-corrected chi connectivity index (χ1v) is 7.56. The van der Waals surface area contributed by atoms with Crippen LogP contribution in [0.15, 0.2) is 24.4 Å². The number of pyridine rings is 1. The Morgan fingerprint density at radius 3 is 2.65 bits per heavy atom. The summed E-state index contributed by atoms with van der Waals surface area (Å²) in [6.45, 7) is 3.81. The first-order chi connectivity index (χ1) is 9.81. The lowest BCUT2D eigenvalue weighted by atomic mass is 10.2. The number of nitrogens with zero attached hydrogens (tertiary/aromatic N) is 3. The second-order valence-corrected chi connectivity index (χ2v) is 5.39. The maximum Gasteiger partial charge on any atom is 0.274 e. The van der Waals surface area contributed by atoms with Gasteiger partial charge in [0.05, 0.1) is 5.52 Å². The predicted octanol–water partition coefficient (Wildman–Crippen LogP) is 2.91. The normalized spacial score (nSPS) is 16.4. The molecule has 0 unspecified atom stereocenters. The first-order valence-electron chi connectivity index (χ1n) is 7.56. The molecule has 0 spiro atoms. The molecule has 106 valence electrons. The largest absolute Gasteiger partial charge is 0.337 e. The van der Waals surface area contributed by atoms with E-state index in [2.05, 4.69) is 11.9 Å². The minimum atomic E-state index is 0.0929. The number of aryl methyl sites for hydroxylation is 1. The number of hydrogen-bond donors (Lipinski definition) is 0. The number of imidazole rings is 1. The smallest absolute Gasteiger partial charge is 0.274 e. The lowest BCUT2D eigenvalue weighted by Gasteiger charge is -2.19. The third-order valence-electron chi connectivity index (χ3n) is 4.03. The van der Waals surface area contributed by atoms with Gasteiger partial charge in [-0.25, -0.2) is 4.98 Å². The molecule has 0 saturated carbocycles. The zero-order valence-electron chi connectivity index (χ0n) is 12.0. The second kappa shape index (κ2) is 5.65. The van der Waals surface area contributed by atoms with Crippen LogP contribution in [0.1, 0.15) is 48.9 Å². The lowest BCUT2D eigenvalue weighted by molar-refractivity contribution is 0.0758. The van der Waals surface area contributed by atoms with E-state index in [4.69, 9.17) is 0 Å². The zero-order chi connectivity index (χ0) is 13.9. The summed E-state index contributed by atoms with van der Waals surface area (Å²) in [6.07, 6.45) is 7.50. The van der Waals surface area contributed by atoms with Gasteiger partial charge in [-0.1, -0.05) is 25.8 Å². The van der Waals surface area contributed by atoms with Gasteiger partial charge in [-0.15, -0.1) is 0 Å². The number of rotatable bonds is 2. The first kappa shape index (κ1) is 13.2. The molecular weight excluding hydrogens is 250 g/mol. The maximum atomic E-state index is 12.7. The van der Waals surface area contributed by atoms with Crippen LogP contribution in [0.2, 0.25) is 0 Å². The lowest BCUT2D eigenvalue weighted by Crippen LogP contribution is -2.32. The summed E-state index contributed by atoms with van der Waals surface area (Å²) < 4.78 is 2.03. The summed E-state index contributed by atoms with van der Waals surface area (Å²) in [6, 6.07) is 5.93. The van der Waals surface area contributed by atoms with Crippen LogP contribution in [0.5, 0.6) is 0 Å². The van der Waals surface area contributed by atoms with Crippen molar-refractivity contribution in [3.8, 4) is 0 Å². The molecule has 20 heavy (non-hydrogen) atoms. The standard InChI is InChI=1S/C16H21N3O/c1-2-14-17-15(13-9-5-8-12-19(13)14)16(20)18-10-6-3-4-7-11-18/h5,8-9,12H,2-4,6-7,10-11H2,1H3. The van der Waals surface area contributed by atoms with E-state index in [1.165, 1.54) is 12.8 Å². The summed E-state index contributed by atoms with van der Waals surface area (Å²) in [7, 11) is 0. The van der Waals surface area contributed by atoms with E-state index in [0.717, 1.165) is 43.7 Å². The van der Waals surface area contributed by atoms with Gasteiger partial charge >= 0.3 is 0 Å². The van der Waals surface area contributed by atoms with Crippen molar-refractivity contribution in [3.05, 3.63) is 35.9 Å². The average molecular weight is 271 g/mol. The molecule has 0 atom stereocenters. The van der Waals surface area contributed by atoms with Crippen molar-refractivity contribution in [2.45, 2.75) is 39.0 Å². The Labute approximate surface area is 119 Å². The van der Waals surface area contributed by atoms with E-state index in [-0.39, 0.29) is 5.91 Å². The van der Waals surface area contributed by atoms with E-state index >= 15 is 0 Å². The summed E-state index contributed by atoms with van der Waals surface area (Å²) in [5.41, 5.74) is 1.54. The molecule has 4 heteroatoms. The number of carbonyl (C=O) groups is 1. The van der Waals surface area contributed by atoms with Crippen molar-refractivity contribution >= 4 is 11.4 Å². The van der Waals surface area contributed by atoms with Gasteiger partial charge in [0, 0.05) is 25.7 Å². The molecule has 1 saturated heterocycles. The Bertz CT molecular complexity index is 609. The SMILES string of the molecule is CCc1nc(C(=O)N2CCCCCC2)c2ccccn12. The number of carbonyl (C=O) groups excluding carboxylic acids is 1. The minimum absolute atomic E-state index is 0.0929. The topological polar surface area (TPSA) is 37.6 Å². The fourth-order valence-electron chi connectivity index (χ4n) is 2.93. The van der Waals surface area contributed by atoms with E-state index in [9.17, 15) is 4.79 Å². The Hall–Kier alpha value is -1.84. The van der Waals surface area contributed by atoms with E-state index in [1.807, 2.05) is 33.7 Å². The maximum absolute atomic E-state index is 12.7. The van der Waals surface area contributed by atoms with Crippen molar-refractivity contribution < 1.29 is 4.79 Å². The number of amides is 1. The molecular formula is C16H21N3O. The fourth-order valence-corrected chi connectivity index (χ4v) is 2.93. The second-order valence-electron chi connectivity index (χ2n) is 5.39. The third kappa shape index (κ3) is 2.30. The third-order valence-corrected chi connectivity index (χ3v) is 4.03. The van der Waals surface area contributed by atoms with Crippen molar-refractivity contribution in [1.82, 2.24) is 14.3 Å². The van der Waals surface area contributed by atoms with Crippen LogP contribution >= 0.6 is 0 Å².